The number of nitrogens with zero attached hydrogens (tertiary/aromatic N) is 1. The van der Waals surface area contributed by atoms with E-state index in [-0.39, 0.29) is 16.7 Å². The van der Waals surface area contributed by atoms with Gasteiger partial charge in [0.25, 0.3) is 0 Å². The molecule has 25 heavy (non-hydrogen) atoms. The molecule has 1 aromatic rings. The Balaban J connectivity index is 1.88. The van der Waals surface area contributed by atoms with E-state index >= 15 is 0 Å². The van der Waals surface area contributed by atoms with Crippen molar-refractivity contribution in [1.82, 2.24) is 10.2 Å². The molecule has 138 valence electrons. The van der Waals surface area contributed by atoms with E-state index in [1.807, 2.05) is 20.2 Å². The Bertz CT molecular complexity index is 657. The number of carbonyl (C=O) groups is 1. The van der Waals surface area contributed by atoms with Gasteiger partial charge in [-0.25, -0.2) is 0 Å². The van der Waals surface area contributed by atoms with E-state index in [1.165, 1.54) is 11.1 Å². The summed E-state index contributed by atoms with van der Waals surface area (Å²) in [6, 6.07) is 5.80. The van der Waals surface area contributed by atoms with E-state index in [4.69, 9.17) is 0 Å². The number of phenols is 1. The number of aromatic hydroxyl groups is 1. The summed E-state index contributed by atoms with van der Waals surface area (Å²) < 4.78 is 0. The molecule has 0 bridgehead atoms. The Labute approximate surface area is 151 Å². The second-order valence-electron chi connectivity index (χ2n) is 8.68. The molecular formula is C21H32N2O2. The zero-order valence-corrected chi connectivity index (χ0v) is 16.1. The maximum absolute atomic E-state index is 13.1. The van der Waals surface area contributed by atoms with Crippen molar-refractivity contribution in [2.75, 3.05) is 27.2 Å². The van der Waals surface area contributed by atoms with Crippen LogP contribution in [0.4, 0.5) is 0 Å². The molecule has 2 aliphatic carbocycles. The van der Waals surface area contributed by atoms with Gasteiger partial charge in [0.1, 0.15) is 5.75 Å². The number of fused-ring (bicyclic) bond motifs is 3. The molecule has 0 heterocycles. The molecule has 0 spiro atoms. The Kier molecular flexibility index (Phi) is 4.84. The number of benzene rings is 1. The molecule has 0 aromatic heterocycles. The Morgan fingerprint density at radius 2 is 2.08 bits per heavy atom. The Morgan fingerprint density at radius 3 is 2.80 bits per heavy atom. The third-order valence-corrected chi connectivity index (χ3v) is 6.70. The third-order valence-electron chi connectivity index (χ3n) is 6.70. The highest BCUT2D eigenvalue weighted by atomic mass is 16.3. The lowest BCUT2D eigenvalue weighted by Crippen LogP contribution is -2.55. The molecule has 0 aliphatic heterocycles. The van der Waals surface area contributed by atoms with E-state index in [0.717, 1.165) is 38.6 Å². The number of aryl methyl sites for hydroxylation is 1. The SMILES string of the molecule is CN(C)CCNC(=O)C1(C)CCCC2(C)c3cc(O)ccc3CCC12. The molecule has 0 saturated heterocycles. The molecule has 1 amide bonds. The lowest BCUT2D eigenvalue weighted by atomic mass is 9.49. The molecule has 1 saturated carbocycles. The smallest absolute Gasteiger partial charge is 0.226 e. The Hall–Kier alpha value is -1.55. The topological polar surface area (TPSA) is 52.6 Å². The minimum atomic E-state index is -0.331. The number of rotatable bonds is 4. The van der Waals surface area contributed by atoms with Crippen LogP contribution in [-0.4, -0.2) is 43.1 Å². The zero-order valence-electron chi connectivity index (χ0n) is 16.1. The fourth-order valence-corrected chi connectivity index (χ4v) is 5.31. The van der Waals surface area contributed by atoms with Crippen LogP contribution in [-0.2, 0) is 16.6 Å². The normalized spacial score (nSPS) is 31.3. The number of carbonyl (C=O) groups excluding carboxylic acids is 1. The lowest BCUT2D eigenvalue weighted by molar-refractivity contribution is -0.139. The van der Waals surface area contributed by atoms with Gasteiger partial charge in [-0.1, -0.05) is 26.3 Å². The molecule has 2 N–H and O–H groups in total. The van der Waals surface area contributed by atoms with E-state index in [9.17, 15) is 9.90 Å². The fourth-order valence-electron chi connectivity index (χ4n) is 5.31. The standard InChI is InChI=1S/C21H32N2O2/c1-20-10-5-11-21(2,19(25)22-12-13-23(3)4)18(20)9-7-15-6-8-16(24)14-17(15)20/h6,8,14,18,24H,5,7,9-13H2,1-4H3,(H,22,25). The van der Waals surface area contributed by atoms with Crippen LogP contribution in [0.3, 0.4) is 0 Å². The molecule has 1 aromatic carbocycles. The van der Waals surface area contributed by atoms with Crippen molar-refractivity contribution in [2.45, 2.75) is 51.4 Å². The zero-order chi connectivity index (χ0) is 18.2. The summed E-state index contributed by atoms with van der Waals surface area (Å²) >= 11 is 0. The second-order valence-corrected chi connectivity index (χ2v) is 8.68. The van der Waals surface area contributed by atoms with Gasteiger partial charge in [-0.3, -0.25) is 4.79 Å². The summed E-state index contributed by atoms with van der Waals surface area (Å²) in [6.07, 6.45) is 5.14. The fraction of sp³-hybridized carbons (Fsp3) is 0.667. The highest BCUT2D eigenvalue weighted by molar-refractivity contribution is 5.83. The summed E-state index contributed by atoms with van der Waals surface area (Å²) in [5.41, 5.74) is 2.24. The highest BCUT2D eigenvalue weighted by Crippen LogP contribution is 2.57. The van der Waals surface area contributed by atoms with E-state index in [2.05, 4.69) is 30.1 Å². The molecule has 3 unspecified atom stereocenters. The maximum atomic E-state index is 13.1. The van der Waals surface area contributed by atoms with Gasteiger partial charge < -0.3 is 15.3 Å². The van der Waals surface area contributed by atoms with E-state index in [0.29, 0.717) is 18.2 Å². The number of nitrogens with one attached hydrogen (secondary N) is 1. The van der Waals surface area contributed by atoms with Gasteiger partial charge in [0.15, 0.2) is 0 Å². The van der Waals surface area contributed by atoms with E-state index in [1.54, 1.807) is 6.07 Å². The number of amides is 1. The number of likely N-dealkylation sites (N-methyl/N-ethyl adjacent to an activating group) is 1. The van der Waals surface area contributed by atoms with Crippen molar-refractivity contribution in [1.29, 1.82) is 0 Å². The van der Waals surface area contributed by atoms with Crippen LogP contribution in [0, 0.1) is 11.3 Å². The molecule has 3 rings (SSSR count). The van der Waals surface area contributed by atoms with Gasteiger partial charge in [0.2, 0.25) is 5.91 Å². The van der Waals surface area contributed by atoms with Crippen LogP contribution in [0.25, 0.3) is 0 Å². The monoisotopic (exact) mass is 344 g/mol. The second kappa shape index (κ2) is 6.64. The first-order chi connectivity index (χ1) is 11.8. The van der Waals surface area contributed by atoms with Gasteiger partial charge in [0.05, 0.1) is 5.41 Å². The summed E-state index contributed by atoms with van der Waals surface area (Å²) in [7, 11) is 4.05. The minimum absolute atomic E-state index is 0.0296. The molecule has 0 radical (unpaired) electrons. The van der Waals surface area contributed by atoms with Crippen molar-refractivity contribution >= 4 is 5.91 Å². The third kappa shape index (κ3) is 3.17. The average Bonchev–Trinajstić information content (AvgIpc) is 2.54. The van der Waals surface area contributed by atoms with Gasteiger partial charge in [-0.2, -0.15) is 0 Å². The highest BCUT2D eigenvalue weighted by Gasteiger charge is 2.54. The first-order valence-electron chi connectivity index (χ1n) is 9.53. The minimum Gasteiger partial charge on any atom is -0.508 e. The predicted molar refractivity (Wildman–Crippen MR) is 101 cm³/mol. The van der Waals surface area contributed by atoms with Crippen molar-refractivity contribution in [3.8, 4) is 5.75 Å². The summed E-state index contributed by atoms with van der Waals surface area (Å²) in [5.74, 6) is 0.861. The van der Waals surface area contributed by atoms with Gasteiger partial charge >= 0.3 is 0 Å². The summed E-state index contributed by atoms with van der Waals surface area (Å²) in [5, 5.41) is 13.2. The van der Waals surface area contributed by atoms with Crippen molar-refractivity contribution in [3.63, 3.8) is 0 Å². The van der Waals surface area contributed by atoms with Crippen molar-refractivity contribution in [3.05, 3.63) is 29.3 Å². The lowest BCUT2D eigenvalue weighted by Gasteiger charge is -2.54. The number of hydrogen-bond donors (Lipinski definition) is 2. The largest absolute Gasteiger partial charge is 0.508 e. The average molecular weight is 344 g/mol. The van der Waals surface area contributed by atoms with Crippen molar-refractivity contribution < 1.29 is 9.90 Å². The molecule has 4 heteroatoms. The van der Waals surface area contributed by atoms with Crippen LogP contribution in [0.1, 0.15) is 50.7 Å². The summed E-state index contributed by atoms with van der Waals surface area (Å²) in [6.45, 7) is 6.02. The number of phenolic OH excluding ortho intramolecular Hbond substituents is 1. The quantitative estimate of drug-likeness (QED) is 0.882. The van der Waals surface area contributed by atoms with Gasteiger partial charge in [0, 0.05) is 13.1 Å². The predicted octanol–water partition coefficient (Wildman–Crippen LogP) is 3.08. The molecular weight excluding hydrogens is 312 g/mol. The number of hydrogen-bond acceptors (Lipinski definition) is 3. The first-order valence-corrected chi connectivity index (χ1v) is 9.53. The molecule has 1 fully saturated rings. The summed E-state index contributed by atoms with van der Waals surface area (Å²) in [4.78, 5) is 15.2. The van der Waals surface area contributed by atoms with Crippen LogP contribution < -0.4 is 5.32 Å². The molecule has 4 nitrogen and oxygen atoms in total. The van der Waals surface area contributed by atoms with Crippen LogP contribution in [0.5, 0.6) is 5.75 Å². The van der Waals surface area contributed by atoms with Crippen LogP contribution in [0.2, 0.25) is 0 Å². The van der Waals surface area contributed by atoms with E-state index < -0.39 is 0 Å². The van der Waals surface area contributed by atoms with Gasteiger partial charge in [-0.05, 0) is 74.4 Å². The van der Waals surface area contributed by atoms with Crippen molar-refractivity contribution in [2.24, 2.45) is 11.3 Å². The molecule has 2 aliphatic rings. The molecule has 3 atom stereocenters. The maximum Gasteiger partial charge on any atom is 0.226 e. The van der Waals surface area contributed by atoms with Crippen LogP contribution >= 0.6 is 0 Å². The first kappa shape index (κ1) is 18.2. The Morgan fingerprint density at radius 1 is 1.32 bits per heavy atom. The van der Waals surface area contributed by atoms with Crippen LogP contribution in [0.15, 0.2) is 18.2 Å². The van der Waals surface area contributed by atoms with Gasteiger partial charge in [-0.15, -0.1) is 0 Å².